The molecule has 3 nitrogen and oxygen atoms in total. The summed E-state index contributed by atoms with van der Waals surface area (Å²) in [7, 11) is 0. The van der Waals surface area contributed by atoms with Crippen molar-refractivity contribution in [1.82, 2.24) is 0 Å². The lowest BCUT2D eigenvalue weighted by molar-refractivity contribution is 0.0696. The minimum absolute atomic E-state index is 0.232. The molecule has 0 heterocycles. The van der Waals surface area contributed by atoms with E-state index in [-0.39, 0.29) is 5.56 Å². The largest absolute Gasteiger partial charge is 0.478 e. The van der Waals surface area contributed by atoms with Crippen LogP contribution < -0.4 is 0 Å². The van der Waals surface area contributed by atoms with E-state index >= 15 is 0 Å². The van der Waals surface area contributed by atoms with Gasteiger partial charge in [-0.15, -0.1) is 0 Å². The second-order valence-corrected chi connectivity index (χ2v) is 2.98. The van der Waals surface area contributed by atoms with Crippen molar-refractivity contribution in [2.24, 2.45) is 0 Å². The third-order valence-corrected chi connectivity index (χ3v) is 2.21. The molecule has 0 unspecified atom stereocenters. The molecule has 66 valence electrons. The molecule has 4 heteroatoms. The molecule has 0 aliphatic rings. The van der Waals surface area contributed by atoms with Gasteiger partial charge in [0.25, 0.3) is 0 Å². The van der Waals surface area contributed by atoms with Gasteiger partial charge in [0.2, 0.25) is 0 Å². The summed E-state index contributed by atoms with van der Waals surface area (Å²) in [4.78, 5) is 10.7. The monoisotopic (exact) mass is 239 g/mol. The number of halogens is 1. The summed E-state index contributed by atoms with van der Waals surface area (Å²) >= 11 is 3.17. The Morgan fingerprint density at radius 1 is 1.62 bits per heavy atom. The molecule has 0 aliphatic heterocycles. The predicted molar refractivity (Wildman–Crippen MR) is 50.7 cm³/mol. The van der Waals surface area contributed by atoms with Crippen molar-refractivity contribution in [3.63, 3.8) is 0 Å². The number of rotatable bonds is 2. The maximum absolute atomic E-state index is 10.7. The number of benzene rings is 1. The number of alkyl halides is 1. The summed E-state index contributed by atoms with van der Waals surface area (Å²) < 4.78 is 0. The normalized spacial score (nSPS) is 9.23. The maximum Gasteiger partial charge on any atom is 0.335 e. The van der Waals surface area contributed by atoms with Gasteiger partial charge in [-0.1, -0.05) is 15.9 Å². The van der Waals surface area contributed by atoms with Crippen molar-refractivity contribution < 1.29 is 9.90 Å². The molecule has 13 heavy (non-hydrogen) atoms. The van der Waals surface area contributed by atoms with Gasteiger partial charge in [-0.05, 0) is 23.8 Å². The maximum atomic E-state index is 10.7. The van der Waals surface area contributed by atoms with E-state index in [9.17, 15) is 4.79 Å². The van der Waals surface area contributed by atoms with Crippen LogP contribution in [-0.2, 0) is 5.33 Å². The number of carbonyl (C=O) groups is 1. The topological polar surface area (TPSA) is 61.1 Å². The van der Waals surface area contributed by atoms with Crippen molar-refractivity contribution in [1.29, 1.82) is 5.26 Å². The molecule has 1 aromatic carbocycles. The van der Waals surface area contributed by atoms with E-state index in [0.29, 0.717) is 16.5 Å². The van der Waals surface area contributed by atoms with E-state index in [1.807, 2.05) is 6.07 Å². The van der Waals surface area contributed by atoms with Gasteiger partial charge < -0.3 is 5.11 Å². The lowest BCUT2D eigenvalue weighted by atomic mass is 10.1. The van der Waals surface area contributed by atoms with Crippen LogP contribution in [0.15, 0.2) is 18.2 Å². The molecule has 1 aromatic rings. The molecule has 0 spiro atoms. The Morgan fingerprint density at radius 2 is 2.31 bits per heavy atom. The second kappa shape index (κ2) is 4.06. The Bertz CT molecular complexity index is 382. The van der Waals surface area contributed by atoms with Gasteiger partial charge in [0, 0.05) is 5.33 Å². The Kier molecular flexibility index (Phi) is 3.04. The molecule has 0 amide bonds. The standard InChI is InChI=1S/C9H6BrNO2/c10-4-7-3-6(5-11)1-2-8(7)9(12)13/h1-3H,4H2,(H,12,13). The molecular formula is C9H6BrNO2. The van der Waals surface area contributed by atoms with Crippen LogP contribution in [0.25, 0.3) is 0 Å². The zero-order valence-electron chi connectivity index (χ0n) is 6.62. The zero-order chi connectivity index (χ0) is 9.84. The highest BCUT2D eigenvalue weighted by atomic mass is 79.9. The van der Waals surface area contributed by atoms with Gasteiger partial charge in [0.05, 0.1) is 17.2 Å². The van der Waals surface area contributed by atoms with Crippen LogP contribution in [0.5, 0.6) is 0 Å². The number of hydrogen-bond acceptors (Lipinski definition) is 2. The molecule has 0 radical (unpaired) electrons. The van der Waals surface area contributed by atoms with E-state index in [2.05, 4.69) is 15.9 Å². The van der Waals surface area contributed by atoms with Gasteiger partial charge in [-0.25, -0.2) is 4.79 Å². The molecule has 1 rings (SSSR count). The van der Waals surface area contributed by atoms with Gasteiger partial charge in [-0.2, -0.15) is 5.26 Å². The Balaban J connectivity index is 3.25. The first kappa shape index (κ1) is 9.75. The molecule has 0 aromatic heterocycles. The fraction of sp³-hybridized carbons (Fsp3) is 0.111. The van der Waals surface area contributed by atoms with Gasteiger partial charge >= 0.3 is 5.97 Å². The van der Waals surface area contributed by atoms with Crippen molar-refractivity contribution in [2.75, 3.05) is 0 Å². The van der Waals surface area contributed by atoms with E-state index in [4.69, 9.17) is 10.4 Å². The lowest BCUT2D eigenvalue weighted by Crippen LogP contribution is -2.01. The van der Waals surface area contributed by atoms with Crippen LogP contribution in [0.2, 0.25) is 0 Å². The Labute approximate surface area is 83.7 Å². The first-order valence-electron chi connectivity index (χ1n) is 3.51. The Hall–Kier alpha value is -1.34. The number of nitrogens with zero attached hydrogens (tertiary/aromatic N) is 1. The van der Waals surface area contributed by atoms with Gasteiger partial charge in [0.15, 0.2) is 0 Å². The fourth-order valence-electron chi connectivity index (χ4n) is 0.982. The van der Waals surface area contributed by atoms with E-state index < -0.39 is 5.97 Å². The van der Waals surface area contributed by atoms with Crippen LogP contribution in [0.3, 0.4) is 0 Å². The van der Waals surface area contributed by atoms with E-state index in [0.717, 1.165) is 0 Å². The SMILES string of the molecule is N#Cc1ccc(C(=O)O)c(CBr)c1. The molecule has 0 atom stereocenters. The molecule has 0 aliphatic carbocycles. The minimum Gasteiger partial charge on any atom is -0.478 e. The number of nitriles is 1. The summed E-state index contributed by atoms with van der Waals surface area (Å²) in [5, 5.41) is 17.8. The number of carboxylic acids is 1. The van der Waals surface area contributed by atoms with E-state index in [1.165, 1.54) is 12.1 Å². The van der Waals surface area contributed by atoms with Crippen molar-refractivity contribution in [3.8, 4) is 6.07 Å². The number of aromatic carboxylic acids is 1. The first-order chi connectivity index (χ1) is 6.19. The summed E-state index contributed by atoms with van der Waals surface area (Å²) in [6, 6.07) is 6.46. The smallest absolute Gasteiger partial charge is 0.335 e. The number of carboxylic acid groups (broad SMARTS) is 1. The predicted octanol–water partition coefficient (Wildman–Crippen LogP) is 2.15. The molecule has 1 N–H and O–H groups in total. The molecule has 0 saturated heterocycles. The lowest BCUT2D eigenvalue weighted by Gasteiger charge is -2.01. The molecular weight excluding hydrogens is 234 g/mol. The number of hydrogen-bond donors (Lipinski definition) is 1. The molecule has 0 bridgehead atoms. The van der Waals surface area contributed by atoms with Crippen LogP contribution in [0, 0.1) is 11.3 Å². The first-order valence-corrected chi connectivity index (χ1v) is 4.63. The average Bonchev–Trinajstić information content (AvgIpc) is 2.16. The van der Waals surface area contributed by atoms with Crippen molar-refractivity contribution in [2.45, 2.75) is 5.33 Å². The van der Waals surface area contributed by atoms with Crippen LogP contribution >= 0.6 is 15.9 Å². The average molecular weight is 240 g/mol. The fourth-order valence-corrected chi connectivity index (χ4v) is 1.45. The van der Waals surface area contributed by atoms with Gasteiger partial charge in [-0.3, -0.25) is 0 Å². The third-order valence-electron chi connectivity index (χ3n) is 1.61. The van der Waals surface area contributed by atoms with Crippen LogP contribution in [0.4, 0.5) is 0 Å². The van der Waals surface area contributed by atoms with Crippen LogP contribution in [-0.4, -0.2) is 11.1 Å². The Morgan fingerprint density at radius 3 is 2.77 bits per heavy atom. The van der Waals surface area contributed by atoms with Crippen molar-refractivity contribution >= 4 is 21.9 Å². The second-order valence-electron chi connectivity index (χ2n) is 2.42. The van der Waals surface area contributed by atoms with Gasteiger partial charge in [0.1, 0.15) is 0 Å². The van der Waals surface area contributed by atoms with E-state index in [1.54, 1.807) is 6.07 Å². The highest BCUT2D eigenvalue weighted by Gasteiger charge is 2.08. The minimum atomic E-state index is -0.973. The highest BCUT2D eigenvalue weighted by Crippen LogP contribution is 2.14. The highest BCUT2D eigenvalue weighted by molar-refractivity contribution is 9.08. The summed E-state index contributed by atoms with van der Waals surface area (Å²) in [5.74, 6) is -0.973. The quantitative estimate of drug-likeness (QED) is 0.805. The zero-order valence-corrected chi connectivity index (χ0v) is 8.21. The molecule has 0 saturated carbocycles. The van der Waals surface area contributed by atoms with Crippen molar-refractivity contribution in [3.05, 3.63) is 34.9 Å². The summed E-state index contributed by atoms with van der Waals surface area (Å²) in [5.41, 5.74) is 1.32. The molecule has 0 fully saturated rings. The third kappa shape index (κ3) is 2.07. The summed E-state index contributed by atoms with van der Waals surface area (Å²) in [6.07, 6.45) is 0. The summed E-state index contributed by atoms with van der Waals surface area (Å²) in [6.45, 7) is 0. The van der Waals surface area contributed by atoms with Crippen LogP contribution in [0.1, 0.15) is 21.5 Å².